The van der Waals surface area contributed by atoms with Crippen molar-refractivity contribution in [1.82, 2.24) is 10.3 Å². The molecule has 8 heteroatoms. The number of rotatable bonds is 8. The highest BCUT2D eigenvalue weighted by Crippen LogP contribution is 2.21. The van der Waals surface area contributed by atoms with Gasteiger partial charge in [-0.25, -0.2) is 0 Å². The van der Waals surface area contributed by atoms with E-state index in [-0.39, 0.29) is 24.1 Å². The fourth-order valence-corrected chi connectivity index (χ4v) is 3.11. The Morgan fingerprint density at radius 3 is 2.31 bits per heavy atom. The number of anilines is 2. The van der Waals surface area contributed by atoms with E-state index < -0.39 is 6.04 Å². The van der Waals surface area contributed by atoms with Crippen LogP contribution >= 0.6 is 0 Å². The van der Waals surface area contributed by atoms with E-state index in [1.807, 2.05) is 0 Å². The molecule has 164 valence electrons. The summed E-state index contributed by atoms with van der Waals surface area (Å²) in [5.41, 5.74) is 2.28. The predicted molar refractivity (Wildman–Crippen MR) is 121 cm³/mol. The zero-order chi connectivity index (χ0) is 22.9. The third-order valence-corrected chi connectivity index (χ3v) is 4.63. The summed E-state index contributed by atoms with van der Waals surface area (Å²) in [7, 11) is 1.57. The van der Waals surface area contributed by atoms with Crippen molar-refractivity contribution in [1.29, 1.82) is 0 Å². The molecule has 1 unspecified atom stereocenters. The molecule has 3 amide bonds. The van der Waals surface area contributed by atoms with Gasteiger partial charge in [0, 0.05) is 36.3 Å². The van der Waals surface area contributed by atoms with Crippen LogP contribution in [0, 0.1) is 0 Å². The lowest BCUT2D eigenvalue weighted by atomic mass is 10.0. The molecule has 0 bridgehead atoms. The topological polar surface area (TPSA) is 109 Å². The van der Waals surface area contributed by atoms with E-state index in [1.54, 1.807) is 80.2 Å². The standard InChI is InChI=1S/C24H24N4O4/c1-16(29)26-22(17-6-8-21(32-2)9-7-17)15-23(30)27-20-5-3-4-18(14-20)24(31)28-19-10-12-25-13-11-19/h3-14,22H,15H2,1-2H3,(H,26,29)(H,27,30)(H,25,28,31). The maximum absolute atomic E-state index is 12.7. The van der Waals surface area contributed by atoms with Crippen molar-refractivity contribution in [2.45, 2.75) is 19.4 Å². The molecule has 0 saturated heterocycles. The van der Waals surface area contributed by atoms with Gasteiger partial charge in [-0.05, 0) is 48.0 Å². The van der Waals surface area contributed by atoms with Crippen LogP contribution in [0.2, 0.25) is 0 Å². The van der Waals surface area contributed by atoms with Crippen LogP contribution < -0.4 is 20.7 Å². The zero-order valence-corrected chi connectivity index (χ0v) is 17.8. The minimum Gasteiger partial charge on any atom is -0.497 e. The second-order valence-electron chi connectivity index (χ2n) is 7.05. The molecule has 0 aliphatic carbocycles. The van der Waals surface area contributed by atoms with Crippen molar-refractivity contribution in [2.24, 2.45) is 0 Å². The maximum Gasteiger partial charge on any atom is 0.255 e. The van der Waals surface area contributed by atoms with Gasteiger partial charge in [-0.2, -0.15) is 0 Å². The quantitative estimate of drug-likeness (QED) is 0.504. The van der Waals surface area contributed by atoms with Gasteiger partial charge in [-0.1, -0.05) is 18.2 Å². The molecule has 0 spiro atoms. The maximum atomic E-state index is 12.7. The van der Waals surface area contributed by atoms with Crippen molar-refractivity contribution in [3.05, 3.63) is 84.2 Å². The van der Waals surface area contributed by atoms with Crippen molar-refractivity contribution in [3.63, 3.8) is 0 Å². The molecule has 32 heavy (non-hydrogen) atoms. The Labute approximate surface area is 186 Å². The van der Waals surface area contributed by atoms with E-state index in [9.17, 15) is 14.4 Å². The first-order valence-corrected chi connectivity index (χ1v) is 9.97. The minimum absolute atomic E-state index is 0.0271. The molecule has 1 atom stereocenters. The molecule has 3 N–H and O–H groups in total. The molecule has 0 aliphatic heterocycles. The Kier molecular flexibility index (Phi) is 7.53. The second-order valence-corrected chi connectivity index (χ2v) is 7.05. The Morgan fingerprint density at radius 1 is 0.938 bits per heavy atom. The lowest BCUT2D eigenvalue weighted by molar-refractivity contribution is -0.120. The summed E-state index contributed by atoms with van der Waals surface area (Å²) in [5.74, 6) is -0.164. The fourth-order valence-electron chi connectivity index (χ4n) is 3.11. The Bertz CT molecular complexity index is 1080. The van der Waals surface area contributed by atoms with Gasteiger partial charge >= 0.3 is 0 Å². The normalized spacial score (nSPS) is 11.2. The first kappa shape index (κ1) is 22.5. The van der Waals surface area contributed by atoms with E-state index >= 15 is 0 Å². The second kappa shape index (κ2) is 10.7. The zero-order valence-electron chi connectivity index (χ0n) is 17.8. The number of amides is 3. The lowest BCUT2D eigenvalue weighted by Crippen LogP contribution is -2.29. The Morgan fingerprint density at radius 2 is 1.66 bits per heavy atom. The first-order chi connectivity index (χ1) is 15.4. The number of ether oxygens (including phenoxy) is 1. The third kappa shape index (κ3) is 6.40. The van der Waals surface area contributed by atoms with Crippen LogP contribution in [0.25, 0.3) is 0 Å². The SMILES string of the molecule is COc1ccc(C(CC(=O)Nc2cccc(C(=O)Nc3ccncc3)c2)NC(C)=O)cc1. The smallest absolute Gasteiger partial charge is 0.255 e. The summed E-state index contributed by atoms with van der Waals surface area (Å²) >= 11 is 0. The highest BCUT2D eigenvalue weighted by atomic mass is 16.5. The van der Waals surface area contributed by atoms with Crippen LogP contribution in [-0.2, 0) is 9.59 Å². The number of pyridine rings is 1. The molecule has 0 radical (unpaired) electrons. The number of benzene rings is 2. The van der Waals surface area contributed by atoms with Gasteiger partial charge < -0.3 is 20.7 Å². The lowest BCUT2D eigenvalue weighted by Gasteiger charge is -2.18. The molecule has 1 heterocycles. The van der Waals surface area contributed by atoms with Crippen molar-refractivity contribution in [3.8, 4) is 5.75 Å². The van der Waals surface area contributed by atoms with Crippen LogP contribution in [-0.4, -0.2) is 29.8 Å². The van der Waals surface area contributed by atoms with Crippen molar-refractivity contribution in [2.75, 3.05) is 17.7 Å². The summed E-state index contributed by atoms with van der Waals surface area (Å²) in [6.07, 6.45) is 3.19. The van der Waals surface area contributed by atoms with E-state index in [0.29, 0.717) is 22.7 Å². The summed E-state index contributed by atoms with van der Waals surface area (Å²) in [6.45, 7) is 1.40. The van der Waals surface area contributed by atoms with Gasteiger partial charge in [0.05, 0.1) is 19.6 Å². The first-order valence-electron chi connectivity index (χ1n) is 9.97. The molecule has 1 aromatic heterocycles. The molecule has 3 aromatic rings. The molecular weight excluding hydrogens is 408 g/mol. The average molecular weight is 432 g/mol. The highest BCUT2D eigenvalue weighted by Gasteiger charge is 2.18. The van der Waals surface area contributed by atoms with Crippen LogP contribution in [0.1, 0.15) is 35.3 Å². The minimum atomic E-state index is -0.503. The number of aromatic nitrogens is 1. The molecule has 3 rings (SSSR count). The molecular formula is C24H24N4O4. The Hall–Kier alpha value is -4.20. The number of methoxy groups -OCH3 is 1. The molecule has 2 aromatic carbocycles. The monoisotopic (exact) mass is 432 g/mol. The van der Waals surface area contributed by atoms with Crippen LogP contribution in [0.5, 0.6) is 5.75 Å². The van der Waals surface area contributed by atoms with Crippen molar-refractivity contribution < 1.29 is 19.1 Å². The van der Waals surface area contributed by atoms with Crippen LogP contribution in [0.3, 0.4) is 0 Å². The number of carbonyl (C=O) groups excluding carboxylic acids is 3. The average Bonchev–Trinajstić information content (AvgIpc) is 2.79. The molecule has 0 aliphatic rings. The molecule has 0 saturated carbocycles. The largest absolute Gasteiger partial charge is 0.497 e. The van der Waals surface area contributed by atoms with Gasteiger partial charge in [-0.15, -0.1) is 0 Å². The predicted octanol–water partition coefficient (Wildman–Crippen LogP) is 3.55. The van der Waals surface area contributed by atoms with Crippen LogP contribution in [0.15, 0.2) is 73.1 Å². The van der Waals surface area contributed by atoms with E-state index in [0.717, 1.165) is 5.56 Å². The fraction of sp³-hybridized carbons (Fsp3) is 0.167. The summed E-state index contributed by atoms with van der Waals surface area (Å²) < 4.78 is 5.16. The van der Waals surface area contributed by atoms with Gasteiger partial charge in [-0.3, -0.25) is 19.4 Å². The van der Waals surface area contributed by atoms with Gasteiger partial charge in [0.2, 0.25) is 11.8 Å². The molecule has 0 fully saturated rings. The van der Waals surface area contributed by atoms with Gasteiger partial charge in [0.25, 0.3) is 5.91 Å². The van der Waals surface area contributed by atoms with Crippen molar-refractivity contribution >= 4 is 29.1 Å². The summed E-state index contributed by atoms with van der Waals surface area (Å²) in [5, 5.41) is 8.36. The number of hydrogen-bond donors (Lipinski definition) is 3. The van der Waals surface area contributed by atoms with Gasteiger partial charge in [0.1, 0.15) is 5.75 Å². The van der Waals surface area contributed by atoms with E-state index in [4.69, 9.17) is 4.74 Å². The van der Waals surface area contributed by atoms with Gasteiger partial charge in [0.15, 0.2) is 0 Å². The third-order valence-electron chi connectivity index (χ3n) is 4.63. The Balaban J connectivity index is 1.67. The number of nitrogens with zero attached hydrogens (tertiary/aromatic N) is 1. The molecule has 8 nitrogen and oxygen atoms in total. The van der Waals surface area contributed by atoms with E-state index in [1.165, 1.54) is 6.92 Å². The number of hydrogen-bond acceptors (Lipinski definition) is 5. The summed E-state index contributed by atoms with van der Waals surface area (Å²) in [6, 6.07) is 16.6. The number of carbonyl (C=O) groups is 3. The van der Waals surface area contributed by atoms with Crippen LogP contribution in [0.4, 0.5) is 11.4 Å². The summed E-state index contributed by atoms with van der Waals surface area (Å²) in [4.78, 5) is 40.7. The van der Waals surface area contributed by atoms with E-state index in [2.05, 4.69) is 20.9 Å². The highest BCUT2D eigenvalue weighted by molar-refractivity contribution is 6.05. The number of nitrogens with one attached hydrogen (secondary N) is 3.